The molecule has 2 aromatic heterocycles. The van der Waals surface area contributed by atoms with E-state index in [1.54, 1.807) is 0 Å². The summed E-state index contributed by atoms with van der Waals surface area (Å²) in [5.74, 6) is -7.15. The summed E-state index contributed by atoms with van der Waals surface area (Å²) in [4.78, 5) is 53.5. The predicted molar refractivity (Wildman–Crippen MR) is 149 cm³/mol. The normalized spacial score (nSPS) is 19.2. The van der Waals surface area contributed by atoms with Gasteiger partial charge in [-0.25, -0.2) is 19.4 Å². The summed E-state index contributed by atoms with van der Waals surface area (Å²) < 4.78 is 101. The highest BCUT2D eigenvalue weighted by atomic mass is 19.4. The number of carboxylic acid groups (broad SMARTS) is 3. The number of hydrogen-bond acceptors (Lipinski definition) is 9. The van der Waals surface area contributed by atoms with Crippen LogP contribution in [0.25, 0.3) is 0 Å². The van der Waals surface area contributed by atoms with Crippen molar-refractivity contribution in [3.63, 3.8) is 0 Å². The van der Waals surface area contributed by atoms with E-state index in [-0.39, 0.29) is 11.9 Å². The number of nitrogens with zero attached hydrogens (tertiary/aromatic N) is 4. The minimum absolute atomic E-state index is 0.0434. The van der Waals surface area contributed by atoms with E-state index in [0.29, 0.717) is 13.2 Å². The van der Waals surface area contributed by atoms with Gasteiger partial charge in [0.15, 0.2) is 0 Å². The average molecular weight is 723 g/mol. The molecule has 0 saturated carbocycles. The molecule has 0 radical (unpaired) electrons. The molecule has 0 unspecified atom stereocenters. The fourth-order valence-electron chi connectivity index (χ4n) is 4.70. The Balaban J connectivity index is 0.000000467. The molecule has 12 nitrogen and oxygen atoms in total. The van der Waals surface area contributed by atoms with E-state index >= 15 is 0 Å². The minimum atomic E-state index is -5.08. The van der Waals surface area contributed by atoms with Crippen molar-refractivity contribution >= 4 is 29.7 Å². The Morgan fingerprint density at radius 1 is 0.816 bits per heavy atom. The Hall–Kier alpha value is -4.69. The zero-order valence-corrected chi connectivity index (χ0v) is 25.4. The Labute approximate surface area is 272 Å². The first-order valence-corrected chi connectivity index (χ1v) is 13.9. The number of hydrogen-bond donors (Lipinski definition) is 3. The van der Waals surface area contributed by atoms with Gasteiger partial charge in [-0.15, -0.1) is 0 Å². The number of aliphatic carboxylic acids is 3. The van der Waals surface area contributed by atoms with E-state index in [2.05, 4.69) is 25.8 Å². The van der Waals surface area contributed by atoms with Crippen LogP contribution in [-0.2, 0) is 30.5 Å². The maximum atomic E-state index is 13.1. The van der Waals surface area contributed by atoms with Crippen molar-refractivity contribution in [3.8, 4) is 0 Å². The Bertz CT molecular complexity index is 1310. The molecule has 21 heteroatoms. The number of aromatic nitrogens is 2. The van der Waals surface area contributed by atoms with Gasteiger partial charge in [0.25, 0.3) is 0 Å². The van der Waals surface area contributed by atoms with E-state index in [0.717, 1.165) is 50.5 Å². The molecule has 2 aromatic rings. The largest absolute Gasteiger partial charge is 0.490 e. The van der Waals surface area contributed by atoms with Crippen LogP contribution in [0.5, 0.6) is 0 Å². The zero-order valence-electron chi connectivity index (χ0n) is 25.4. The fraction of sp³-hybridized carbons (Fsp3) is 0.500. The summed E-state index contributed by atoms with van der Waals surface area (Å²) in [6.07, 6.45) is -9.75. The van der Waals surface area contributed by atoms with Crippen LogP contribution in [0.3, 0.4) is 0 Å². The molecule has 3 N–H and O–H groups in total. The number of alkyl halides is 9. The van der Waals surface area contributed by atoms with Crippen LogP contribution in [-0.4, -0.2) is 105 Å². The number of pyridine rings is 2. The standard InChI is InChI=1S/C22H28N4O2.3C2HF3O2/c1-2-28-21(27)22-10-7-13-25(16-19-8-3-5-11-23-19)14-18(22)15-26(17-22)20-9-4-6-12-24-20;3*3-2(4,5)1(6)7/h3-6,8-9,11-12,18H,2,7,10,13-17H2,1H3;3*(H,6,7)/t18-,22-;;;/m0.../s1. The van der Waals surface area contributed by atoms with E-state index in [4.69, 9.17) is 34.4 Å². The third-order valence-electron chi connectivity index (χ3n) is 6.77. The van der Waals surface area contributed by atoms with Gasteiger partial charge >= 0.3 is 42.4 Å². The van der Waals surface area contributed by atoms with Gasteiger partial charge in [-0.2, -0.15) is 39.5 Å². The second-order valence-corrected chi connectivity index (χ2v) is 10.2. The second kappa shape index (κ2) is 18.2. The number of carbonyl (C=O) groups is 4. The lowest BCUT2D eigenvalue weighted by Gasteiger charge is -2.31. The van der Waals surface area contributed by atoms with Crippen LogP contribution >= 0.6 is 0 Å². The van der Waals surface area contributed by atoms with Crippen molar-refractivity contribution < 1.29 is 78.7 Å². The lowest BCUT2D eigenvalue weighted by molar-refractivity contribution is -0.193. The summed E-state index contributed by atoms with van der Waals surface area (Å²) in [7, 11) is 0. The number of halogens is 9. The summed E-state index contributed by atoms with van der Waals surface area (Å²) in [5, 5.41) is 21.4. The highest BCUT2D eigenvalue weighted by Gasteiger charge is 2.54. The van der Waals surface area contributed by atoms with Crippen molar-refractivity contribution in [3.05, 3.63) is 54.5 Å². The van der Waals surface area contributed by atoms with Crippen LogP contribution in [0.1, 0.15) is 25.5 Å². The molecule has 0 aliphatic carbocycles. The summed E-state index contributed by atoms with van der Waals surface area (Å²) >= 11 is 0. The van der Waals surface area contributed by atoms with Crippen LogP contribution in [0.4, 0.5) is 45.3 Å². The molecular formula is C28H31F9N4O8. The molecule has 2 aliphatic heterocycles. The van der Waals surface area contributed by atoms with E-state index in [1.807, 2.05) is 49.6 Å². The number of fused-ring (bicyclic) bond motifs is 1. The summed E-state index contributed by atoms with van der Waals surface area (Å²) in [5.41, 5.74) is 0.623. The van der Waals surface area contributed by atoms with Crippen LogP contribution in [0.15, 0.2) is 48.8 Å². The summed E-state index contributed by atoms with van der Waals surface area (Å²) in [6, 6.07) is 12.0. The summed E-state index contributed by atoms with van der Waals surface area (Å²) in [6.45, 7) is 6.50. The SMILES string of the molecule is CCOC(=O)[C@]12CCCN(Cc3ccccn3)C[C@H]1CN(c1ccccn1)C2.O=C(O)C(F)(F)F.O=C(O)C(F)(F)F.O=C(O)C(F)(F)F. The van der Waals surface area contributed by atoms with Crippen molar-refractivity contribution in [2.75, 3.05) is 37.7 Å². The topological polar surface area (TPSA) is 170 Å². The number of esters is 1. The first-order valence-electron chi connectivity index (χ1n) is 13.9. The van der Waals surface area contributed by atoms with E-state index in [9.17, 15) is 44.3 Å². The zero-order chi connectivity index (χ0) is 37.6. The van der Waals surface area contributed by atoms with Crippen LogP contribution in [0, 0.1) is 11.3 Å². The number of carboxylic acids is 3. The van der Waals surface area contributed by atoms with Gasteiger partial charge in [0.05, 0.1) is 17.7 Å². The lowest BCUT2D eigenvalue weighted by Crippen LogP contribution is -2.42. The molecule has 2 saturated heterocycles. The molecule has 0 bridgehead atoms. The van der Waals surface area contributed by atoms with E-state index < -0.39 is 41.9 Å². The molecule has 2 atom stereocenters. The van der Waals surface area contributed by atoms with Crippen LogP contribution < -0.4 is 4.90 Å². The Kier molecular flexibility index (Phi) is 15.7. The first kappa shape index (κ1) is 42.3. The molecule has 49 heavy (non-hydrogen) atoms. The maximum absolute atomic E-state index is 13.1. The number of anilines is 1. The number of rotatable bonds is 5. The number of ether oxygens (including phenoxy) is 1. The van der Waals surface area contributed by atoms with Gasteiger partial charge in [-0.1, -0.05) is 12.1 Å². The van der Waals surface area contributed by atoms with Crippen molar-refractivity contribution in [1.82, 2.24) is 14.9 Å². The van der Waals surface area contributed by atoms with Crippen LogP contribution in [0.2, 0.25) is 0 Å². The predicted octanol–water partition coefficient (Wildman–Crippen LogP) is 4.66. The molecule has 2 aliphatic rings. The first-order chi connectivity index (χ1) is 22.5. The second-order valence-electron chi connectivity index (χ2n) is 10.2. The average Bonchev–Trinajstić information content (AvgIpc) is 3.28. The molecule has 0 aromatic carbocycles. The Morgan fingerprint density at radius 3 is 1.71 bits per heavy atom. The van der Waals surface area contributed by atoms with Gasteiger partial charge in [0.1, 0.15) is 5.82 Å². The molecule has 4 heterocycles. The quantitative estimate of drug-likeness (QED) is 0.289. The fourth-order valence-corrected chi connectivity index (χ4v) is 4.70. The van der Waals surface area contributed by atoms with Gasteiger partial charge in [-0.3, -0.25) is 14.7 Å². The van der Waals surface area contributed by atoms with Crippen molar-refractivity contribution in [1.29, 1.82) is 0 Å². The van der Waals surface area contributed by atoms with Gasteiger partial charge in [-0.05, 0) is 50.6 Å². The molecule has 0 amide bonds. The third kappa shape index (κ3) is 14.1. The van der Waals surface area contributed by atoms with Gasteiger partial charge in [0, 0.05) is 44.5 Å². The molecule has 274 valence electrons. The maximum Gasteiger partial charge on any atom is 0.490 e. The number of carbonyl (C=O) groups excluding carboxylic acids is 1. The smallest absolute Gasteiger partial charge is 0.475 e. The molecular weight excluding hydrogens is 691 g/mol. The van der Waals surface area contributed by atoms with E-state index in [1.165, 1.54) is 0 Å². The molecule has 2 fully saturated rings. The lowest BCUT2D eigenvalue weighted by atomic mass is 9.75. The van der Waals surface area contributed by atoms with Gasteiger partial charge in [0.2, 0.25) is 0 Å². The number of likely N-dealkylation sites (tertiary alicyclic amines) is 1. The molecule has 0 spiro atoms. The highest BCUT2D eigenvalue weighted by Crippen LogP contribution is 2.45. The molecule has 4 rings (SSSR count). The minimum Gasteiger partial charge on any atom is -0.475 e. The Morgan fingerprint density at radius 2 is 1.31 bits per heavy atom. The monoisotopic (exact) mass is 722 g/mol. The highest BCUT2D eigenvalue weighted by molar-refractivity contribution is 5.79. The third-order valence-corrected chi connectivity index (χ3v) is 6.77. The van der Waals surface area contributed by atoms with Crippen molar-refractivity contribution in [2.45, 2.75) is 44.8 Å². The van der Waals surface area contributed by atoms with Crippen molar-refractivity contribution in [2.24, 2.45) is 11.3 Å². The van der Waals surface area contributed by atoms with Gasteiger partial charge < -0.3 is 25.0 Å².